The van der Waals surface area contributed by atoms with Gasteiger partial charge in [0.1, 0.15) is 0 Å². The van der Waals surface area contributed by atoms with E-state index in [9.17, 15) is 4.79 Å². The molecule has 0 aliphatic carbocycles. The van der Waals surface area contributed by atoms with E-state index in [0.29, 0.717) is 31.2 Å². The lowest BCUT2D eigenvalue weighted by Gasteiger charge is -2.21. The van der Waals surface area contributed by atoms with Gasteiger partial charge in [-0.25, -0.2) is 0 Å². The molecule has 0 aliphatic rings. The van der Waals surface area contributed by atoms with Gasteiger partial charge in [0.05, 0.1) is 4.88 Å². The summed E-state index contributed by atoms with van der Waals surface area (Å²) in [5, 5.41) is 5.98. The molecule has 2 aromatic heterocycles. The van der Waals surface area contributed by atoms with Gasteiger partial charge in [0.15, 0.2) is 0 Å². The number of aromatic nitrogens is 2. The molecule has 0 saturated heterocycles. The summed E-state index contributed by atoms with van der Waals surface area (Å²) in [5.41, 5.74) is 1.97. The number of rotatable bonds is 7. The highest BCUT2D eigenvalue weighted by Gasteiger charge is 2.18. The zero-order chi connectivity index (χ0) is 20.1. The number of carbonyl (C=O) groups is 1. The number of thiophene rings is 1. The van der Waals surface area contributed by atoms with Gasteiger partial charge in [-0.2, -0.15) is 4.98 Å². The molecular weight excluding hydrogens is 450 g/mol. The summed E-state index contributed by atoms with van der Waals surface area (Å²) in [6.45, 7) is 1.03. The highest BCUT2D eigenvalue weighted by atomic mass is 79.9. The van der Waals surface area contributed by atoms with Gasteiger partial charge in [-0.15, -0.1) is 11.3 Å². The summed E-state index contributed by atoms with van der Waals surface area (Å²) in [6.07, 6.45) is 0.494. The largest absolute Gasteiger partial charge is 0.339 e. The first-order chi connectivity index (χ1) is 14.2. The Morgan fingerprint density at radius 1 is 1.03 bits per heavy atom. The van der Waals surface area contributed by atoms with E-state index in [1.807, 2.05) is 77.0 Å². The van der Waals surface area contributed by atoms with E-state index in [0.717, 1.165) is 20.5 Å². The quantitative estimate of drug-likeness (QED) is 0.362. The Morgan fingerprint density at radius 2 is 1.83 bits per heavy atom. The average Bonchev–Trinajstić information content (AvgIpc) is 3.44. The maximum absolute atomic E-state index is 13.0. The van der Waals surface area contributed by atoms with Crippen molar-refractivity contribution in [3.8, 4) is 11.4 Å². The number of nitrogens with zero attached hydrogens (tertiary/aromatic N) is 3. The van der Waals surface area contributed by atoms with Gasteiger partial charge in [-0.05, 0) is 41.3 Å². The lowest BCUT2D eigenvalue weighted by atomic mass is 10.2. The van der Waals surface area contributed by atoms with Crippen molar-refractivity contribution in [2.75, 3.05) is 6.54 Å². The van der Waals surface area contributed by atoms with Gasteiger partial charge in [-0.3, -0.25) is 4.79 Å². The standard InChI is InChI=1S/C22H18BrN3O2S/c23-18-10-8-17(9-11-18)21-24-20(28-25-21)12-13-26(15-16-5-2-1-3-6-16)22(27)19-7-4-14-29-19/h1-11,14H,12-13,15H2. The van der Waals surface area contributed by atoms with E-state index in [2.05, 4.69) is 26.1 Å². The summed E-state index contributed by atoms with van der Waals surface area (Å²) in [6, 6.07) is 21.4. The number of halogens is 1. The second kappa shape index (κ2) is 9.15. The van der Waals surface area contributed by atoms with Crippen LogP contribution in [0.15, 0.2) is 81.1 Å². The minimum Gasteiger partial charge on any atom is -0.339 e. The van der Waals surface area contributed by atoms with Crippen LogP contribution in [0.4, 0.5) is 0 Å². The molecule has 0 bridgehead atoms. The van der Waals surface area contributed by atoms with Crippen LogP contribution >= 0.6 is 27.3 Å². The first-order valence-electron chi connectivity index (χ1n) is 9.14. The first kappa shape index (κ1) is 19.5. The lowest BCUT2D eigenvalue weighted by molar-refractivity contribution is 0.0746. The number of carbonyl (C=O) groups excluding carboxylic acids is 1. The van der Waals surface area contributed by atoms with Crippen LogP contribution in [-0.4, -0.2) is 27.5 Å². The second-order valence-electron chi connectivity index (χ2n) is 6.46. The van der Waals surface area contributed by atoms with Crippen molar-refractivity contribution in [2.24, 2.45) is 0 Å². The molecular formula is C22H18BrN3O2S. The Kier molecular flexibility index (Phi) is 6.17. The SMILES string of the molecule is O=C(c1cccs1)N(CCc1nc(-c2ccc(Br)cc2)no1)Cc1ccccc1. The summed E-state index contributed by atoms with van der Waals surface area (Å²) in [5.74, 6) is 1.07. The Labute approximate surface area is 181 Å². The normalized spacial score (nSPS) is 10.8. The highest BCUT2D eigenvalue weighted by molar-refractivity contribution is 9.10. The summed E-state index contributed by atoms with van der Waals surface area (Å²) < 4.78 is 6.41. The average molecular weight is 468 g/mol. The van der Waals surface area contributed by atoms with Crippen molar-refractivity contribution in [3.05, 3.63) is 92.9 Å². The highest BCUT2D eigenvalue weighted by Crippen LogP contribution is 2.20. The van der Waals surface area contributed by atoms with Crippen molar-refractivity contribution in [3.63, 3.8) is 0 Å². The van der Waals surface area contributed by atoms with E-state index in [-0.39, 0.29) is 5.91 Å². The molecule has 146 valence electrons. The molecule has 0 radical (unpaired) electrons. The summed E-state index contributed by atoms with van der Waals surface area (Å²) in [4.78, 5) is 20.0. The van der Waals surface area contributed by atoms with Crippen LogP contribution in [0, 0.1) is 0 Å². The predicted octanol–water partition coefficient (Wildman–Crippen LogP) is 5.45. The summed E-state index contributed by atoms with van der Waals surface area (Å²) in [7, 11) is 0. The Morgan fingerprint density at radius 3 is 2.55 bits per heavy atom. The van der Waals surface area contributed by atoms with E-state index >= 15 is 0 Å². The smallest absolute Gasteiger partial charge is 0.264 e. The van der Waals surface area contributed by atoms with Crippen LogP contribution in [0.3, 0.4) is 0 Å². The fraction of sp³-hybridized carbons (Fsp3) is 0.136. The molecule has 2 heterocycles. The number of amides is 1. The van der Waals surface area contributed by atoms with Gasteiger partial charge in [0.2, 0.25) is 11.7 Å². The molecule has 0 aliphatic heterocycles. The van der Waals surface area contributed by atoms with Crippen LogP contribution in [0.5, 0.6) is 0 Å². The van der Waals surface area contributed by atoms with Crippen molar-refractivity contribution >= 4 is 33.2 Å². The van der Waals surface area contributed by atoms with Crippen LogP contribution < -0.4 is 0 Å². The van der Waals surface area contributed by atoms with E-state index in [4.69, 9.17) is 4.52 Å². The monoisotopic (exact) mass is 467 g/mol. The molecule has 29 heavy (non-hydrogen) atoms. The van der Waals surface area contributed by atoms with Crippen molar-refractivity contribution in [1.82, 2.24) is 15.0 Å². The molecule has 5 nitrogen and oxygen atoms in total. The molecule has 4 rings (SSSR count). The van der Waals surface area contributed by atoms with Crippen molar-refractivity contribution in [1.29, 1.82) is 0 Å². The molecule has 4 aromatic rings. The van der Waals surface area contributed by atoms with Crippen LogP contribution in [-0.2, 0) is 13.0 Å². The topological polar surface area (TPSA) is 59.2 Å². The molecule has 7 heteroatoms. The van der Waals surface area contributed by atoms with Crippen molar-refractivity contribution in [2.45, 2.75) is 13.0 Å². The molecule has 0 fully saturated rings. The maximum atomic E-state index is 13.0. The third-order valence-corrected chi connectivity index (χ3v) is 5.79. The fourth-order valence-electron chi connectivity index (χ4n) is 2.92. The maximum Gasteiger partial charge on any atom is 0.264 e. The van der Waals surface area contributed by atoms with Gasteiger partial charge in [-0.1, -0.05) is 57.5 Å². The van der Waals surface area contributed by atoms with Gasteiger partial charge in [0, 0.05) is 29.5 Å². The number of benzene rings is 2. The predicted molar refractivity (Wildman–Crippen MR) is 117 cm³/mol. The molecule has 0 unspecified atom stereocenters. The van der Waals surface area contributed by atoms with Crippen LogP contribution in [0.1, 0.15) is 21.1 Å². The van der Waals surface area contributed by atoms with E-state index < -0.39 is 0 Å². The minimum atomic E-state index is 0.0106. The molecule has 0 saturated carbocycles. The third kappa shape index (κ3) is 4.99. The third-order valence-electron chi connectivity index (χ3n) is 4.40. The van der Waals surface area contributed by atoms with Crippen molar-refractivity contribution < 1.29 is 9.32 Å². The molecule has 0 atom stereocenters. The van der Waals surface area contributed by atoms with Gasteiger partial charge < -0.3 is 9.42 Å². The Balaban J connectivity index is 1.47. The number of hydrogen-bond donors (Lipinski definition) is 0. The van der Waals surface area contributed by atoms with Gasteiger partial charge in [0.25, 0.3) is 5.91 Å². The molecule has 2 aromatic carbocycles. The summed E-state index contributed by atoms with van der Waals surface area (Å²) >= 11 is 4.87. The van der Waals surface area contributed by atoms with E-state index in [1.165, 1.54) is 11.3 Å². The molecule has 0 spiro atoms. The molecule has 1 amide bonds. The van der Waals surface area contributed by atoms with E-state index in [1.54, 1.807) is 0 Å². The zero-order valence-electron chi connectivity index (χ0n) is 15.5. The number of hydrogen-bond acceptors (Lipinski definition) is 5. The fourth-order valence-corrected chi connectivity index (χ4v) is 3.87. The van der Waals surface area contributed by atoms with Gasteiger partial charge >= 0.3 is 0 Å². The lowest BCUT2D eigenvalue weighted by Crippen LogP contribution is -2.32. The first-order valence-corrected chi connectivity index (χ1v) is 10.8. The molecule has 0 N–H and O–H groups in total. The van der Waals surface area contributed by atoms with Crippen LogP contribution in [0.25, 0.3) is 11.4 Å². The Bertz CT molecular complexity index is 1060. The Hall–Kier alpha value is -2.77. The minimum absolute atomic E-state index is 0.0106. The second-order valence-corrected chi connectivity index (χ2v) is 8.32. The van der Waals surface area contributed by atoms with Crippen LogP contribution in [0.2, 0.25) is 0 Å². The zero-order valence-corrected chi connectivity index (χ0v) is 17.9.